The monoisotopic (exact) mass is 458 g/mol. The number of hydrogen-bond donors (Lipinski definition) is 0. The first-order valence-corrected chi connectivity index (χ1v) is 12.5. The Kier molecular flexibility index (Phi) is 10.6. The molecular formula is C23H36F2N2O3S. The van der Waals surface area contributed by atoms with E-state index in [1.165, 1.54) is 24.2 Å². The standard InChI is InChI=1S/C23H36F2N2O3S/c1-4-15-26(2)16-7-5-6-8-17-30-21-12-10-20(11-13-21)27(3)31(28,29)23-14-9-19(24)18-22(23)25/h4,9,14,18,20-21H,1,5-8,10-13,15-17H2,2-3H3/t20-,21-. The summed E-state index contributed by atoms with van der Waals surface area (Å²) in [6, 6.07) is 2.35. The van der Waals surface area contributed by atoms with Gasteiger partial charge < -0.3 is 9.64 Å². The Morgan fingerprint density at radius 1 is 1.10 bits per heavy atom. The van der Waals surface area contributed by atoms with Gasteiger partial charge in [0.05, 0.1) is 6.10 Å². The molecule has 0 amide bonds. The van der Waals surface area contributed by atoms with Crippen molar-refractivity contribution in [1.29, 1.82) is 0 Å². The highest BCUT2D eigenvalue weighted by atomic mass is 32.2. The fraction of sp³-hybridized carbons (Fsp3) is 0.652. The minimum Gasteiger partial charge on any atom is -0.378 e. The van der Waals surface area contributed by atoms with E-state index in [-0.39, 0.29) is 12.1 Å². The van der Waals surface area contributed by atoms with Crippen molar-refractivity contribution >= 4 is 10.0 Å². The molecule has 1 aliphatic rings. The molecule has 0 heterocycles. The Morgan fingerprint density at radius 3 is 2.42 bits per heavy atom. The quantitative estimate of drug-likeness (QED) is 0.320. The first-order chi connectivity index (χ1) is 14.8. The molecule has 0 aliphatic heterocycles. The zero-order valence-corrected chi connectivity index (χ0v) is 19.5. The molecule has 176 valence electrons. The Morgan fingerprint density at radius 2 is 1.77 bits per heavy atom. The number of hydrogen-bond acceptors (Lipinski definition) is 4. The molecule has 1 saturated carbocycles. The second-order valence-electron chi connectivity index (χ2n) is 8.36. The van der Waals surface area contributed by atoms with Gasteiger partial charge in [0.25, 0.3) is 0 Å². The van der Waals surface area contributed by atoms with Crippen LogP contribution in [0.5, 0.6) is 0 Å². The van der Waals surface area contributed by atoms with Crippen LogP contribution in [0.1, 0.15) is 51.4 Å². The molecule has 1 aromatic carbocycles. The van der Waals surface area contributed by atoms with Crippen LogP contribution in [0.3, 0.4) is 0 Å². The summed E-state index contributed by atoms with van der Waals surface area (Å²) in [6.07, 6.45) is 9.48. The Hall–Kier alpha value is -1.35. The average molecular weight is 459 g/mol. The summed E-state index contributed by atoms with van der Waals surface area (Å²) in [7, 11) is -0.435. The lowest BCUT2D eigenvalue weighted by atomic mass is 9.93. The maximum absolute atomic E-state index is 14.0. The highest BCUT2D eigenvalue weighted by Gasteiger charge is 2.33. The number of nitrogens with zero attached hydrogens (tertiary/aromatic N) is 2. The largest absolute Gasteiger partial charge is 0.378 e. The van der Waals surface area contributed by atoms with Gasteiger partial charge in [0.15, 0.2) is 0 Å². The van der Waals surface area contributed by atoms with Gasteiger partial charge in [0, 0.05) is 32.3 Å². The van der Waals surface area contributed by atoms with Gasteiger partial charge in [-0.3, -0.25) is 0 Å². The topological polar surface area (TPSA) is 49.9 Å². The van der Waals surface area contributed by atoms with Crippen LogP contribution in [0.4, 0.5) is 8.78 Å². The van der Waals surface area contributed by atoms with Crippen LogP contribution in [0.15, 0.2) is 35.7 Å². The van der Waals surface area contributed by atoms with Crippen molar-refractivity contribution in [3.8, 4) is 0 Å². The van der Waals surface area contributed by atoms with E-state index in [0.29, 0.717) is 18.9 Å². The van der Waals surface area contributed by atoms with Gasteiger partial charge >= 0.3 is 0 Å². The third-order valence-corrected chi connectivity index (χ3v) is 7.88. The van der Waals surface area contributed by atoms with Crippen LogP contribution in [-0.4, -0.2) is 63.6 Å². The van der Waals surface area contributed by atoms with E-state index >= 15 is 0 Å². The molecule has 5 nitrogen and oxygen atoms in total. The number of unbranched alkanes of at least 4 members (excludes halogenated alkanes) is 3. The van der Waals surface area contributed by atoms with Gasteiger partial charge in [-0.05, 0) is 64.3 Å². The zero-order chi connectivity index (χ0) is 22.9. The van der Waals surface area contributed by atoms with Crippen molar-refractivity contribution in [2.75, 3.05) is 33.8 Å². The predicted octanol–water partition coefficient (Wildman–Crippen LogP) is 4.59. The average Bonchev–Trinajstić information content (AvgIpc) is 2.73. The summed E-state index contributed by atoms with van der Waals surface area (Å²) < 4.78 is 59.8. The molecule has 0 radical (unpaired) electrons. The SMILES string of the molecule is C=CCN(C)CCCCCCO[C@H]1CC[C@H](N(C)S(=O)(=O)c2ccc(F)cc2F)CC1. The normalized spacial score (nSPS) is 19.8. The van der Waals surface area contributed by atoms with Crippen molar-refractivity contribution in [3.63, 3.8) is 0 Å². The van der Waals surface area contributed by atoms with Crippen LogP contribution in [0.25, 0.3) is 0 Å². The van der Waals surface area contributed by atoms with Crippen molar-refractivity contribution < 1.29 is 21.9 Å². The molecule has 0 bridgehead atoms. The number of sulfonamides is 1. The summed E-state index contributed by atoms with van der Waals surface area (Å²) in [6.45, 7) is 6.47. The first-order valence-electron chi connectivity index (χ1n) is 11.1. The Balaban J connectivity index is 1.68. The fourth-order valence-electron chi connectivity index (χ4n) is 4.01. The summed E-state index contributed by atoms with van der Waals surface area (Å²) in [5.41, 5.74) is 0. The van der Waals surface area contributed by atoms with Crippen molar-refractivity contribution in [2.45, 2.75) is 68.4 Å². The number of halogens is 2. The molecule has 1 aliphatic carbocycles. The van der Waals surface area contributed by atoms with E-state index in [1.807, 2.05) is 6.08 Å². The summed E-state index contributed by atoms with van der Waals surface area (Å²) in [4.78, 5) is 1.77. The summed E-state index contributed by atoms with van der Waals surface area (Å²) in [5, 5.41) is 0. The smallest absolute Gasteiger partial charge is 0.245 e. The molecule has 0 unspecified atom stereocenters. The number of rotatable bonds is 13. The highest BCUT2D eigenvalue weighted by Crippen LogP contribution is 2.29. The van der Waals surface area contributed by atoms with Crippen molar-refractivity contribution in [3.05, 3.63) is 42.5 Å². The van der Waals surface area contributed by atoms with Crippen LogP contribution in [0.2, 0.25) is 0 Å². The first kappa shape index (κ1) is 25.9. The third-order valence-electron chi connectivity index (χ3n) is 5.94. The van der Waals surface area contributed by atoms with Crippen molar-refractivity contribution in [1.82, 2.24) is 9.21 Å². The third kappa shape index (κ3) is 7.93. The molecule has 0 N–H and O–H groups in total. The molecule has 2 rings (SSSR count). The lowest BCUT2D eigenvalue weighted by Gasteiger charge is -2.34. The lowest BCUT2D eigenvalue weighted by molar-refractivity contribution is 0.0156. The molecule has 1 fully saturated rings. The summed E-state index contributed by atoms with van der Waals surface area (Å²) in [5.74, 6) is -1.85. The molecule has 0 saturated heterocycles. The summed E-state index contributed by atoms with van der Waals surface area (Å²) >= 11 is 0. The van der Waals surface area contributed by atoms with Crippen LogP contribution < -0.4 is 0 Å². The molecule has 0 spiro atoms. The van der Waals surface area contributed by atoms with Gasteiger partial charge in [-0.25, -0.2) is 17.2 Å². The Bertz CT molecular complexity index is 796. The predicted molar refractivity (Wildman–Crippen MR) is 119 cm³/mol. The van der Waals surface area contributed by atoms with E-state index in [2.05, 4.69) is 18.5 Å². The molecular weight excluding hydrogens is 422 g/mol. The van der Waals surface area contributed by atoms with Crippen LogP contribution >= 0.6 is 0 Å². The molecule has 31 heavy (non-hydrogen) atoms. The minimum atomic E-state index is -4.00. The van der Waals surface area contributed by atoms with Gasteiger partial charge in [0.1, 0.15) is 16.5 Å². The zero-order valence-electron chi connectivity index (χ0n) is 18.7. The van der Waals surface area contributed by atoms with E-state index in [9.17, 15) is 17.2 Å². The van der Waals surface area contributed by atoms with Gasteiger partial charge in [0.2, 0.25) is 10.0 Å². The number of benzene rings is 1. The lowest BCUT2D eigenvalue weighted by Crippen LogP contribution is -2.41. The molecule has 8 heteroatoms. The number of likely N-dealkylation sites (N-methyl/N-ethyl adjacent to an activating group) is 1. The highest BCUT2D eigenvalue weighted by molar-refractivity contribution is 7.89. The van der Waals surface area contributed by atoms with Crippen LogP contribution in [-0.2, 0) is 14.8 Å². The van der Waals surface area contributed by atoms with E-state index < -0.39 is 26.6 Å². The van der Waals surface area contributed by atoms with E-state index in [4.69, 9.17) is 4.74 Å². The fourth-order valence-corrected chi connectivity index (χ4v) is 5.47. The molecule has 0 atom stereocenters. The van der Waals surface area contributed by atoms with Crippen molar-refractivity contribution in [2.24, 2.45) is 0 Å². The number of ether oxygens (including phenoxy) is 1. The van der Waals surface area contributed by atoms with E-state index in [1.54, 1.807) is 0 Å². The second kappa shape index (κ2) is 12.6. The Labute approximate surface area is 186 Å². The molecule has 0 aromatic heterocycles. The van der Waals surface area contributed by atoms with Gasteiger partial charge in [-0.1, -0.05) is 18.9 Å². The van der Waals surface area contributed by atoms with Crippen LogP contribution in [0, 0.1) is 11.6 Å². The second-order valence-corrected chi connectivity index (χ2v) is 10.3. The minimum absolute atomic E-state index is 0.147. The van der Waals surface area contributed by atoms with Gasteiger partial charge in [-0.15, -0.1) is 6.58 Å². The maximum Gasteiger partial charge on any atom is 0.245 e. The van der Waals surface area contributed by atoms with E-state index in [0.717, 1.165) is 57.5 Å². The maximum atomic E-state index is 14.0. The van der Waals surface area contributed by atoms with Gasteiger partial charge in [-0.2, -0.15) is 4.31 Å². The molecule has 1 aromatic rings.